The van der Waals surface area contributed by atoms with Crippen LogP contribution in [0.3, 0.4) is 0 Å². The van der Waals surface area contributed by atoms with Crippen molar-refractivity contribution in [3.63, 3.8) is 0 Å². The molecule has 0 unspecified atom stereocenters. The van der Waals surface area contributed by atoms with Crippen molar-refractivity contribution in [2.75, 3.05) is 13.1 Å². The van der Waals surface area contributed by atoms with Gasteiger partial charge in [-0.15, -0.1) is 0 Å². The Bertz CT molecular complexity index is 528. The van der Waals surface area contributed by atoms with E-state index in [2.05, 4.69) is 10.6 Å². The summed E-state index contributed by atoms with van der Waals surface area (Å²) in [4.78, 5) is 33.4. The summed E-state index contributed by atoms with van der Waals surface area (Å²) in [7, 11) is 0. The number of aryl methyl sites for hydroxylation is 1. The molecule has 0 atom stereocenters. The largest absolute Gasteiger partial charge is 0.355 e. The molecule has 108 valence electrons. The molecule has 20 heavy (non-hydrogen) atoms. The molecule has 0 radical (unpaired) electrons. The smallest absolute Gasteiger partial charge is 0.273 e. The first kappa shape index (κ1) is 15.6. The van der Waals surface area contributed by atoms with Crippen molar-refractivity contribution in [3.05, 3.63) is 39.4 Å². The van der Waals surface area contributed by atoms with Crippen LogP contribution in [-0.2, 0) is 4.79 Å². The summed E-state index contributed by atoms with van der Waals surface area (Å²) in [6.45, 7) is 3.91. The molecule has 1 aromatic carbocycles. The minimum atomic E-state index is -0.542. The number of benzene rings is 1. The summed E-state index contributed by atoms with van der Waals surface area (Å²) < 4.78 is 0. The fourth-order valence-electron chi connectivity index (χ4n) is 1.54. The number of amides is 2. The van der Waals surface area contributed by atoms with Gasteiger partial charge in [0.15, 0.2) is 0 Å². The maximum absolute atomic E-state index is 11.8. The van der Waals surface area contributed by atoms with Gasteiger partial charge in [-0.25, -0.2) is 0 Å². The van der Waals surface area contributed by atoms with Gasteiger partial charge in [-0.2, -0.15) is 0 Å². The molecule has 1 rings (SSSR count). The van der Waals surface area contributed by atoms with Crippen molar-refractivity contribution < 1.29 is 14.5 Å². The molecule has 0 aromatic heterocycles. The highest BCUT2D eigenvalue weighted by Crippen LogP contribution is 2.18. The van der Waals surface area contributed by atoms with Gasteiger partial charge in [0.1, 0.15) is 0 Å². The van der Waals surface area contributed by atoms with Crippen LogP contribution in [0, 0.1) is 17.0 Å². The standard InChI is InChI=1S/C13H17N3O4/c1-3-6-14-12(17)8-15-13(18)10-5-4-9(2)11(7-10)16(19)20/h4-5,7H,3,6,8H2,1-2H3,(H,14,17)(H,15,18). The summed E-state index contributed by atoms with van der Waals surface area (Å²) in [6.07, 6.45) is 0.809. The number of rotatable bonds is 6. The average molecular weight is 279 g/mol. The molecular weight excluding hydrogens is 262 g/mol. The van der Waals surface area contributed by atoms with Gasteiger partial charge in [0.05, 0.1) is 11.5 Å². The van der Waals surface area contributed by atoms with Gasteiger partial charge in [0.25, 0.3) is 11.6 Å². The molecule has 2 amide bonds. The third-order valence-electron chi connectivity index (χ3n) is 2.65. The number of nitro groups is 1. The first-order chi connectivity index (χ1) is 9.45. The second kappa shape index (κ2) is 7.22. The van der Waals surface area contributed by atoms with Crippen molar-refractivity contribution in [3.8, 4) is 0 Å². The van der Waals surface area contributed by atoms with Crippen LogP contribution in [0.15, 0.2) is 18.2 Å². The Morgan fingerprint density at radius 2 is 2.00 bits per heavy atom. The topological polar surface area (TPSA) is 101 Å². The van der Waals surface area contributed by atoms with E-state index >= 15 is 0 Å². The fraction of sp³-hybridized carbons (Fsp3) is 0.385. The number of hydrogen-bond acceptors (Lipinski definition) is 4. The van der Waals surface area contributed by atoms with E-state index in [0.717, 1.165) is 6.42 Å². The molecule has 0 heterocycles. The number of nitro benzene ring substituents is 1. The lowest BCUT2D eigenvalue weighted by Crippen LogP contribution is -2.37. The zero-order valence-electron chi connectivity index (χ0n) is 11.4. The van der Waals surface area contributed by atoms with Gasteiger partial charge >= 0.3 is 0 Å². The van der Waals surface area contributed by atoms with Crippen LogP contribution in [0.1, 0.15) is 29.3 Å². The monoisotopic (exact) mass is 279 g/mol. The van der Waals surface area contributed by atoms with E-state index in [4.69, 9.17) is 0 Å². The molecule has 1 aromatic rings. The van der Waals surface area contributed by atoms with Gasteiger partial charge in [-0.3, -0.25) is 19.7 Å². The van der Waals surface area contributed by atoms with Crippen LogP contribution in [-0.4, -0.2) is 29.8 Å². The highest BCUT2D eigenvalue weighted by molar-refractivity contribution is 5.97. The summed E-state index contributed by atoms with van der Waals surface area (Å²) in [5.41, 5.74) is 0.519. The number of nitrogens with zero attached hydrogens (tertiary/aromatic N) is 1. The fourth-order valence-corrected chi connectivity index (χ4v) is 1.54. The Hall–Kier alpha value is -2.44. The number of nitrogens with one attached hydrogen (secondary N) is 2. The van der Waals surface area contributed by atoms with Crippen molar-refractivity contribution in [1.82, 2.24) is 10.6 Å². The summed E-state index contributed by atoms with van der Waals surface area (Å²) in [5, 5.41) is 15.8. The molecule has 0 aliphatic carbocycles. The SMILES string of the molecule is CCCNC(=O)CNC(=O)c1ccc(C)c([N+](=O)[O-])c1. The van der Waals surface area contributed by atoms with Gasteiger partial charge in [0, 0.05) is 23.7 Å². The second-order valence-electron chi connectivity index (χ2n) is 4.29. The quantitative estimate of drug-likeness (QED) is 0.602. The average Bonchev–Trinajstić information content (AvgIpc) is 2.42. The van der Waals surface area contributed by atoms with Crippen LogP contribution >= 0.6 is 0 Å². The Morgan fingerprint density at radius 3 is 2.60 bits per heavy atom. The van der Waals surface area contributed by atoms with Crippen molar-refractivity contribution in [2.45, 2.75) is 20.3 Å². The number of carbonyl (C=O) groups excluding carboxylic acids is 2. The molecular formula is C13H17N3O4. The molecule has 0 spiro atoms. The van der Waals surface area contributed by atoms with Crippen LogP contribution in [0.4, 0.5) is 5.69 Å². The van der Waals surface area contributed by atoms with Gasteiger partial charge < -0.3 is 10.6 Å². The first-order valence-electron chi connectivity index (χ1n) is 6.25. The minimum Gasteiger partial charge on any atom is -0.355 e. The lowest BCUT2D eigenvalue weighted by atomic mass is 10.1. The molecule has 0 aliphatic rings. The van der Waals surface area contributed by atoms with Crippen molar-refractivity contribution in [2.24, 2.45) is 0 Å². The van der Waals surface area contributed by atoms with Crippen molar-refractivity contribution >= 4 is 17.5 Å². The lowest BCUT2D eigenvalue weighted by Gasteiger charge is -2.06. The van der Waals surface area contributed by atoms with Crippen LogP contribution < -0.4 is 10.6 Å². The van der Waals surface area contributed by atoms with Gasteiger partial charge in [-0.1, -0.05) is 13.0 Å². The Labute approximate surface area is 116 Å². The molecule has 2 N–H and O–H groups in total. The normalized spacial score (nSPS) is 9.90. The predicted octanol–water partition coefficient (Wildman–Crippen LogP) is 1.16. The minimum absolute atomic E-state index is 0.118. The number of carbonyl (C=O) groups is 2. The Kier molecular flexibility index (Phi) is 5.64. The van der Waals surface area contributed by atoms with Gasteiger partial charge in [-0.05, 0) is 19.4 Å². The van der Waals surface area contributed by atoms with Gasteiger partial charge in [0.2, 0.25) is 5.91 Å². The molecule has 0 aliphatic heterocycles. The molecule has 0 saturated heterocycles. The zero-order chi connectivity index (χ0) is 15.1. The van der Waals surface area contributed by atoms with E-state index in [0.29, 0.717) is 12.1 Å². The van der Waals surface area contributed by atoms with E-state index in [1.54, 1.807) is 6.92 Å². The summed E-state index contributed by atoms with van der Waals surface area (Å²) in [6, 6.07) is 4.19. The molecule has 0 saturated carbocycles. The summed E-state index contributed by atoms with van der Waals surface area (Å²) in [5.74, 6) is -0.804. The van der Waals surface area contributed by atoms with Crippen LogP contribution in [0.25, 0.3) is 0 Å². The Balaban J connectivity index is 2.66. The Morgan fingerprint density at radius 1 is 1.30 bits per heavy atom. The highest BCUT2D eigenvalue weighted by atomic mass is 16.6. The maximum Gasteiger partial charge on any atom is 0.273 e. The highest BCUT2D eigenvalue weighted by Gasteiger charge is 2.15. The third kappa shape index (κ3) is 4.34. The predicted molar refractivity (Wildman–Crippen MR) is 73.5 cm³/mol. The van der Waals surface area contributed by atoms with Crippen LogP contribution in [0.2, 0.25) is 0 Å². The van der Waals surface area contributed by atoms with E-state index in [-0.39, 0.29) is 23.7 Å². The first-order valence-corrected chi connectivity index (χ1v) is 6.25. The second-order valence-corrected chi connectivity index (χ2v) is 4.29. The number of hydrogen-bond donors (Lipinski definition) is 2. The van der Waals surface area contributed by atoms with E-state index in [1.807, 2.05) is 6.92 Å². The van der Waals surface area contributed by atoms with E-state index in [9.17, 15) is 19.7 Å². The zero-order valence-corrected chi connectivity index (χ0v) is 11.4. The summed E-state index contributed by atoms with van der Waals surface area (Å²) >= 11 is 0. The molecule has 7 nitrogen and oxygen atoms in total. The van der Waals surface area contributed by atoms with E-state index < -0.39 is 10.8 Å². The van der Waals surface area contributed by atoms with Crippen molar-refractivity contribution in [1.29, 1.82) is 0 Å². The van der Waals surface area contributed by atoms with E-state index in [1.165, 1.54) is 18.2 Å². The third-order valence-corrected chi connectivity index (χ3v) is 2.65. The molecule has 0 bridgehead atoms. The van der Waals surface area contributed by atoms with Crippen LogP contribution in [0.5, 0.6) is 0 Å². The molecule has 0 fully saturated rings. The molecule has 7 heteroatoms. The maximum atomic E-state index is 11.8. The lowest BCUT2D eigenvalue weighted by molar-refractivity contribution is -0.385.